The first-order chi connectivity index (χ1) is 10.0. The SMILES string of the molecule is CC=C1CC(O)(C(F)(F)F)N(S(=O)(=O)c2ccc(C)cc2)N1. The lowest BCUT2D eigenvalue weighted by atomic mass is 10.1. The number of rotatable bonds is 2. The van der Waals surface area contributed by atoms with Crippen molar-refractivity contribution >= 4 is 10.0 Å². The maximum absolute atomic E-state index is 13.2. The van der Waals surface area contributed by atoms with Gasteiger partial charge in [0.15, 0.2) is 0 Å². The maximum atomic E-state index is 13.2. The average Bonchev–Trinajstić information content (AvgIpc) is 2.78. The Balaban J connectivity index is 2.55. The fraction of sp³-hybridized carbons (Fsp3) is 0.385. The summed E-state index contributed by atoms with van der Waals surface area (Å²) in [6, 6.07) is 5.31. The molecule has 1 heterocycles. The molecule has 2 N–H and O–H groups in total. The Bertz CT molecular complexity index is 698. The van der Waals surface area contributed by atoms with Crippen molar-refractivity contribution in [3.8, 4) is 0 Å². The van der Waals surface area contributed by atoms with Crippen LogP contribution in [0, 0.1) is 6.92 Å². The van der Waals surface area contributed by atoms with Crippen molar-refractivity contribution in [1.82, 2.24) is 9.84 Å². The zero-order valence-corrected chi connectivity index (χ0v) is 12.7. The van der Waals surface area contributed by atoms with Gasteiger partial charge in [-0.1, -0.05) is 28.2 Å². The van der Waals surface area contributed by atoms with Crippen LogP contribution in [0.15, 0.2) is 40.9 Å². The van der Waals surface area contributed by atoms with Gasteiger partial charge in [0.1, 0.15) is 0 Å². The summed E-state index contributed by atoms with van der Waals surface area (Å²) in [6.45, 7) is 3.16. The summed E-state index contributed by atoms with van der Waals surface area (Å²) < 4.78 is 64.3. The Kier molecular flexibility index (Phi) is 4.01. The Hall–Kier alpha value is -1.58. The van der Waals surface area contributed by atoms with Gasteiger partial charge in [-0.3, -0.25) is 0 Å². The van der Waals surface area contributed by atoms with E-state index >= 15 is 0 Å². The number of allylic oxidation sites excluding steroid dienone is 1. The number of benzene rings is 1. The van der Waals surface area contributed by atoms with Crippen LogP contribution in [-0.4, -0.2) is 29.8 Å². The Morgan fingerprint density at radius 2 is 1.86 bits per heavy atom. The molecule has 122 valence electrons. The second-order valence-electron chi connectivity index (χ2n) is 5.00. The minimum Gasteiger partial charge on any atom is -0.365 e. The van der Waals surface area contributed by atoms with Crippen LogP contribution in [-0.2, 0) is 10.0 Å². The number of hydrogen-bond acceptors (Lipinski definition) is 4. The van der Waals surface area contributed by atoms with Gasteiger partial charge in [0.2, 0.25) is 0 Å². The molecule has 0 saturated carbocycles. The van der Waals surface area contributed by atoms with Gasteiger partial charge < -0.3 is 10.5 Å². The average molecular weight is 336 g/mol. The highest BCUT2D eigenvalue weighted by Gasteiger charge is 2.65. The van der Waals surface area contributed by atoms with E-state index in [2.05, 4.69) is 5.43 Å². The van der Waals surface area contributed by atoms with E-state index in [4.69, 9.17) is 0 Å². The Labute approximate surface area is 126 Å². The summed E-state index contributed by atoms with van der Waals surface area (Å²) in [4.78, 5) is -0.342. The Morgan fingerprint density at radius 1 is 1.32 bits per heavy atom. The highest BCUT2D eigenvalue weighted by Crippen LogP contribution is 2.43. The molecule has 0 radical (unpaired) electrons. The minimum absolute atomic E-state index is 0.0319. The van der Waals surface area contributed by atoms with Crippen molar-refractivity contribution in [2.24, 2.45) is 0 Å². The van der Waals surface area contributed by atoms with Crippen LogP contribution < -0.4 is 5.43 Å². The van der Waals surface area contributed by atoms with Crippen LogP contribution in [0.3, 0.4) is 0 Å². The van der Waals surface area contributed by atoms with Crippen molar-refractivity contribution in [3.05, 3.63) is 41.6 Å². The number of nitrogens with one attached hydrogen (secondary N) is 1. The van der Waals surface area contributed by atoms with Crippen LogP contribution >= 0.6 is 0 Å². The van der Waals surface area contributed by atoms with E-state index < -0.39 is 28.3 Å². The van der Waals surface area contributed by atoms with Crippen molar-refractivity contribution in [1.29, 1.82) is 0 Å². The monoisotopic (exact) mass is 336 g/mol. The molecule has 1 aliphatic heterocycles. The van der Waals surface area contributed by atoms with Gasteiger partial charge in [-0.25, -0.2) is 8.42 Å². The molecular weight excluding hydrogens is 321 g/mol. The summed E-state index contributed by atoms with van der Waals surface area (Å²) >= 11 is 0. The van der Waals surface area contributed by atoms with Gasteiger partial charge in [-0.05, 0) is 26.0 Å². The zero-order chi connectivity index (χ0) is 16.8. The van der Waals surface area contributed by atoms with Crippen molar-refractivity contribution in [2.75, 3.05) is 0 Å². The van der Waals surface area contributed by atoms with Crippen molar-refractivity contribution < 1.29 is 26.7 Å². The molecule has 0 aromatic heterocycles. The van der Waals surface area contributed by atoms with Gasteiger partial charge in [0.05, 0.1) is 4.90 Å². The zero-order valence-electron chi connectivity index (χ0n) is 11.8. The molecule has 5 nitrogen and oxygen atoms in total. The molecule has 22 heavy (non-hydrogen) atoms. The van der Waals surface area contributed by atoms with E-state index in [9.17, 15) is 26.7 Å². The predicted octanol–water partition coefficient (Wildman–Crippen LogP) is 2.05. The van der Waals surface area contributed by atoms with E-state index in [0.717, 1.165) is 5.56 Å². The van der Waals surface area contributed by atoms with E-state index in [1.807, 2.05) is 0 Å². The van der Waals surface area contributed by atoms with E-state index in [1.165, 1.54) is 37.3 Å². The third-order valence-corrected chi connectivity index (χ3v) is 5.12. The number of halogens is 3. The third-order valence-electron chi connectivity index (χ3n) is 3.38. The summed E-state index contributed by atoms with van der Waals surface area (Å²) in [5.74, 6) is 0. The normalized spacial score (nSPS) is 25.5. The summed E-state index contributed by atoms with van der Waals surface area (Å²) in [7, 11) is -4.58. The number of hydrazine groups is 1. The van der Waals surface area contributed by atoms with Crippen LogP contribution in [0.4, 0.5) is 13.2 Å². The number of alkyl halides is 3. The smallest absolute Gasteiger partial charge is 0.365 e. The number of aryl methyl sites for hydroxylation is 1. The quantitative estimate of drug-likeness (QED) is 0.867. The number of aliphatic hydroxyl groups is 1. The highest BCUT2D eigenvalue weighted by atomic mass is 32.2. The summed E-state index contributed by atoms with van der Waals surface area (Å²) in [5, 5.41) is 9.96. The molecule has 0 aliphatic carbocycles. The van der Waals surface area contributed by atoms with E-state index in [-0.39, 0.29) is 15.0 Å². The fourth-order valence-electron chi connectivity index (χ4n) is 2.06. The summed E-state index contributed by atoms with van der Waals surface area (Å²) in [6.07, 6.45) is -4.76. The topological polar surface area (TPSA) is 69.6 Å². The number of sulfonamides is 1. The molecule has 1 aliphatic rings. The molecule has 0 amide bonds. The predicted molar refractivity (Wildman–Crippen MR) is 72.7 cm³/mol. The second kappa shape index (κ2) is 5.25. The van der Waals surface area contributed by atoms with Crippen LogP contribution in [0.1, 0.15) is 18.9 Å². The number of hydrogen-bond donors (Lipinski definition) is 2. The lowest BCUT2D eigenvalue weighted by molar-refractivity contribution is -0.292. The first kappa shape index (κ1) is 16.8. The molecule has 1 saturated heterocycles. The molecular formula is C13H15F3N2O3S. The molecule has 1 fully saturated rings. The summed E-state index contributed by atoms with van der Waals surface area (Å²) in [5.41, 5.74) is -0.676. The lowest BCUT2D eigenvalue weighted by Gasteiger charge is -2.32. The van der Waals surface area contributed by atoms with Crippen molar-refractivity contribution in [2.45, 2.75) is 37.1 Å². The standard InChI is InChI=1S/C13H15F3N2O3S/c1-3-10-8-12(19,13(14,15)16)18(17-10)22(20,21)11-6-4-9(2)5-7-11/h3-7,17,19H,8H2,1-2H3. The lowest BCUT2D eigenvalue weighted by Crippen LogP contribution is -2.59. The molecule has 9 heteroatoms. The maximum Gasteiger partial charge on any atom is 0.434 e. The molecule has 1 unspecified atom stereocenters. The number of nitrogens with zero attached hydrogens (tertiary/aromatic N) is 1. The molecule has 1 aromatic rings. The highest BCUT2D eigenvalue weighted by molar-refractivity contribution is 7.89. The van der Waals surface area contributed by atoms with Gasteiger partial charge >= 0.3 is 6.18 Å². The first-order valence-corrected chi connectivity index (χ1v) is 7.79. The van der Waals surface area contributed by atoms with Gasteiger partial charge in [-0.2, -0.15) is 13.2 Å². The van der Waals surface area contributed by atoms with Gasteiger partial charge in [0.25, 0.3) is 15.7 Å². The van der Waals surface area contributed by atoms with Crippen LogP contribution in [0.5, 0.6) is 0 Å². The van der Waals surface area contributed by atoms with Crippen LogP contribution in [0.2, 0.25) is 0 Å². The fourth-order valence-corrected chi connectivity index (χ4v) is 3.55. The second-order valence-corrected chi connectivity index (χ2v) is 6.79. The van der Waals surface area contributed by atoms with E-state index in [0.29, 0.717) is 0 Å². The van der Waals surface area contributed by atoms with Crippen molar-refractivity contribution in [3.63, 3.8) is 0 Å². The first-order valence-electron chi connectivity index (χ1n) is 6.35. The molecule has 0 bridgehead atoms. The minimum atomic E-state index is -5.15. The molecule has 2 rings (SSSR count). The van der Waals surface area contributed by atoms with Gasteiger partial charge in [0, 0.05) is 12.1 Å². The Morgan fingerprint density at radius 3 is 2.32 bits per heavy atom. The molecule has 1 atom stereocenters. The van der Waals surface area contributed by atoms with Gasteiger partial charge in [-0.15, -0.1) is 0 Å². The largest absolute Gasteiger partial charge is 0.434 e. The molecule has 1 aromatic carbocycles. The van der Waals surface area contributed by atoms with Crippen LogP contribution in [0.25, 0.3) is 0 Å². The van der Waals surface area contributed by atoms with E-state index in [1.54, 1.807) is 6.92 Å². The third kappa shape index (κ3) is 2.59. The molecule has 0 spiro atoms.